The van der Waals surface area contributed by atoms with Gasteiger partial charge in [-0.2, -0.15) is 0 Å². The highest BCUT2D eigenvalue weighted by atomic mass is 32.2. The molecule has 4 nitrogen and oxygen atoms in total. The Labute approximate surface area is 111 Å². The van der Waals surface area contributed by atoms with Crippen molar-refractivity contribution in [1.29, 1.82) is 0 Å². The largest absolute Gasteiger partial charge is 0.292 e. The molecule has 0 aliphatic rings. The highest BCUT2D eigenvalue weighted by molar-refractivity contribution is 7.98. The first kappa shape index (κ1) is 12.9. The van der Waals surface area contributed by atoms with Gasteiger partial charge in [0.15, 0.2) is 0 Å². The van der Waals surface area contributed by atoms with Crippen LogP contribution in [0.1, 0.15) is 16.7 Å². The van der Waals surface area contributed by atoms with Crippen LogP contribution in [0.2, 0.25) is 0 Å². The quantitative estimate of drug-likeness (QED) is 0.383. The van der Waals surface area contributed by atoms with Gasteiger partial charge in [-0.3, -0.25) is 5.43 Å². The average Bonchev–Trinajstić information content (AvgIpc) is 2.35. The molecule has 94 valence electrons. The second kappa shape index (κ2) is 5.84. The molecule has 0 saturated heterocycles. The van der Waals surface area contributed by atoms with Gasteiger partial charge in [-0.15, -0.1) is 11.8 Å². The molecule has 0 aliphatic carbocycles. The number of thioether (sulfide) groups is 1. The van der Waals surface area contributed by atoms with Crippen molar-refractivity contribution < 1.29 is 0 Å². The number of anilines is 1. The first-order valence-electron chi connectivity index (χ1n) is 5.67. The topological polar surface area (TPSA) is 63.8 Å². The summed E-state index contributed by atoms with van der Waals surface area (Å²) in [6, 6.07) is 8.45. The molecule has 0 bridgehead atoms. The number of hydrazine groups is 1. The van der Waals surface area contributed by atoms with Crippen LogP contribution < -0.4 is 11.3 Å². The molecule has 1 aromatic heterocycles. The van der Waals surface area contributed by atoms with E-state index in [2.05, 4.69) is 47.4 Å². The molecular formula is C13H16N4S. The van der Waals surface area contributed by atoms with Crippen LogP contribution in [0.5, 0.6) is 0 Å². The second-order valence-corrected chi connectivity index (χ2v) is 5.14. The maximum Gasteiger partial charge on any atom is 0.238 e. The number of rotatable bonds is 4. The van der Waals surface area contributed by atoms with Gasteiger partial charge in [0.1, 0.15) is 5.03 Å². The molecule has 0 atom stereocenters. The number of hydrogen-bond donors (Lipinski definition) is 2. The van der Waals surface area contributed by atoms with Gasteiger partial charge in [-0.1, -0.05) is 29.3 Å². The minimum atomic E-state index is 0.445. The summed E-state index contributed by atoms with van der Waals surface area (Å²) in [5.74, 6) is 6.62. The maximum absolute atomic E-state index is 5.28. The highest BCUT2D eigenvalue weighted by Crippen LogP contribution is 2.22. The summed E-state index contributed by atoms with van der Waals surface area (Å²) in [6.07, 6.45) is 1.70. The van der Waals surface area contributed by atoms with Crippen molar-refractivity contribution in [2.75, 3.05) is 5.43 Å². The summed E-state index contributed by atoms with van der Waals surface area (Å²) < 4.78 is 0. The Morgan fingerprint density at radius 2 is 1.94 bits per heavy atom. The molecule has 5 heteroatoms. The van der Waals surface area contributed by atoms with Crippen LogP contribution in [-0.2, 0) is 5.75 Å². The molecule has 1 aromatic carbocycles. The number of hydrogen-bond acceptors (Lipinski definition) is 5. The molecule has 3 N–H and O–H groups in total. The van der Waals surface area contributed by atoms with Gasteiger partial charge < -0.3 is 0 Å². The predicted molar refractivity (Wildman–Crippen MR) is 75.3 cm³/mol. The van der Waals surface area contributed by atoms with E-state index in [9.17, 15) is 0 Å². The van der Waals surface area contributed by atoms with Crippen molar-refractivity contribution in [2.24, 2.45) is 5.84 Å². The maximum atomic E-state index is 5.28. The zero-order valence-corrected chi connectivity index (χ0v) is 11.3. The molecule has 18 heavy (non-hydrogen) atoms. The fraction of sp³-hybridized carbons (Fsp3) is 0.231. The molecule has 0 aliphatic heterocycles. The Hall–Kier alpha value is -1.59. The average molecular weight is 260 g/mol. The van der Waals surface area contributed by atoms with Gasteiger partial charge in [0, 0.05) is 11.9 Å². The summed E-state index contributed by atoms with van der Waals surface area (Å²) in [6.45, 7) is 4.23. The SMILES string of the molecule is Cc1cc(C)cc(CSc2ccnc(NN)n2)c1. The third kappa shape index (κ3) is 3.45. The first-order valence-corrected chi connectivity index (χ1v) is 6.65. The number of nitrogens with one attached hydrogen (secondary N) is 1. The van der Waals surface area contributed by atoms with Crippen LogP contribution in [0.15, 0.2) is 35.5 Å². The van der Waals surface area contributed by atoms with Crippen LogP contribution in [0.4, 0.5) is 5.95 Å². The Morgan fingerprint density at radius 3 is 2.61 bits per heavy atom. The normalized spacial score (nSPS) is 10.4. The summed E-state index contributed by atoms with van der Waals surface area (Å²) in [5.41, 5.74) is 6.33. The molecule has 0 fully saturated rings. The third-order valence-corrected chi connectivity index (χ3v) is 3.43. The van der Waals surface area contributed by atoms with Crippen molar-refractivity contribution in [3.05, 3.63) is 47.2 Å². The van der Waals surface area contributed by atoms with Gasteiger partial charge in [0.25, 0.3) is 0 Å². The fourth-order valence-corrected chi connectivity index (χ4v) is 2.59. The Kier molecular flexibility index (Phi) is 4.17. The van der Waals surface area contributed by atoms with Gasteiger partial charge >= 0.3 is 0 Å². The number of aryl methyl sites for hydroxylation is 2. The van der Waals surface area contributed by atoms with Crippen LogP contribution in [0, 0.1) is 13.8 Å². The number of nitrogens with two attached hydrogens (primary N) is 1. The summed E-state index contributed by atoms with van der Waals surface area (Å²) in [7, 11) is 0. The Balaban J connectivity index is 2.06. The van der Waals surface area contributed by atoms with Crippen molar-refractivity contribution in [3.8, 4) is 0 Å². The second-order valence-electron chi connectivity index (χ2n) is 4.15. The monoisotopic (exact) mass is 260 g/mol. The zero-order chi connectivity index (χ0) is 13.0. The van der Waals surface area contributed by atoms with Gasteiger partial charge in [0.05, 0.1) is 0 Å². The molecule has 2 aromatic rings. The summed E-state index contributed by atoms with van der Waals surface area (Å²) in [5, 5.41) is 0.914. The van der Waals surface area contributed by atoms with E-state index in [0.717, 1.165) is 10.8 Å². The summed E-state index contributed by atoms with van der Waals surface area (Å²) >= 11 is 1.67. The van der Waals surface area contributed by atoms with Crippen molar-refractivity contribution in [3.63, 3.8) is 0 Å². The van der Waals surface area contributed by atoms with Crippen LogP contribution in [-0.4, -0.2) is 9.97 Å². The van der Waals surface area contributed by atoms with E-state index in [1.165, 1.54) is 16.7 Å². The lowest BCUT2D eigenvalue weighted by Crippen LogP contribution is -2.10. The number of nitrogens with zero attached hydrogens (tertiary/aromatic N) is 2. The van der Waals surface area contributed by atoms with E-state index in [-0.39, 0.29) is 0 Å². The molecule has 0 spiro atoms. The molecular weight excluding hydrogens is 244 g/mol. The van der Waals surface area contributed by atoms with E-state index < -0.39 is 0 Å². The lowest BCUT2D eigenvalue weighted by molar-refractivity contribution is 1.03. The molecule has 1 heterocycles. The van der Waals surface area contributed by atoms with E-state index >= 15 is 0 Å². The van der Waals surface area contributed by atoms with Crippen molar-refractivity contribution in [2.45, 2.75) is 24.6 Å². The molecule has 2 rings (SSSR count). The lowest BCUT2D eigenvalue weighted by atomic mass is 10.1. The Bertz CT molecular complexity index is 522. The van der Waals surface area contributed by atoms with Crippen LogP contribution in [0.3, 0.4) is 0 Å². The summed E-state index contributed by atoms with van der Waals surface area (Å²) in [4.78, 5) is 8.25. The smallest absolute Gasteiger partial charge is 0.238 e. The van der Waals surface area contributed by atoms with E-state index in [1.54, 1.807) is 18.0 Å². The van der Waals surface area contributed by atoms with Crippen molar-refractivity contribution >= 4 is 17.7 Å². The fourth-order valence-electron chi connectivity index (χ4n) is 1.80. The lowest BCUT2D eigenvalue weighted by Gasteiger charge is -2.05. The molecule has 0 radical (unpaired) electrons. The molecule has 0 unspecified atom stereocenters. The number of nitrogen functional groups attached to an aromatic ring is 1. The molecule has 0 amide bonds. The van der Waals surface area contributed by atoms with Crippen molar-refractivity contribution in [1.82, 2.24) is 9.97 Å². The number of benzene rings is 1. The highest BCUT2D eigenvalue weighted by Gasteiger charge is 2.01. The molecule has 0 saturated carbocycles. The van der Waals surface area contributed by atoms with E-state index in [4.69, 9.17) is 5.84 Å². The first-order chi connectivity index (χ1) is 8.67. The minimum Gasteiger partial charge on any atom is -0.292 e. The third-order valence-electron chi connectivity index (χ3n) is 2.43. The van der Waals surface area contributed by atoms with Gasteiger partial charge in [0.2, 0.25) is 5.95 Å². The standard InChI is InChI=1S/C13H16N4S/c1-9-5-10(2)7-11(6-9)8-18-12-3-4-15-13(16-12)17-14/h3-7H,8,14H2,1-2H3,(H,15,16,17). The Morgan fingerprint density at radius 1 is 1.22 bits per heavy atom. The van der Waals surface area contributed by atoms with Crippen LogP contribution >= 0.6 is 11.8 Å². The van der Waals surface area contributed by atoms with Crippen LogP contribution in [0.25, 0.3) is 0 Å². The zero-order valence-electron chi connectivity index (χ0n) is 10.5. The van der Waals surface area contributed by atoms with E-state index in [0.29, 0.717) is 5.95 Å². The predicted octanol–water partition coefficient (Wildman–Crippen LogP) is 2.67. The van der Waals surface area contributed by atoms with Gasteiger partial charge in [-0.25, -0.2) is 15.8 Å². The number of aromatic nitrogens is 2. The minimum absolute atomic E-state index is 0.445. The van der Waals surface area contributed by atoms with E-state index in [1.807, 2.05) is 6.07 Å². The van der Waals surface area contributed by atoms with Gasteiger partial charge in [-0.05, 0) is 25.5 Å².